The second-order valence-electron chi connectivity index (χ2n) is 12.7. The Morgan fingerprint density at radius 3 is 2.57 bits per heavy atom. The second kappa shape index (κ2) is 17.3. The first kappa shape index (κ1) is 35.9. The highest BCUT2D eigenvalue weighted by molar-refractivity contribution is 6.32. The first-order chi connectivity index (χ1) is 24.9. The van der Waals surface area contributed by atoms with Crippen molar-refractivity contribution in [3.8, 4) is 34.4 Å². The van der Waals surface area contributed by atoms with Crippen LogP contribution in [0, 0.1) is 25.2 Å². The molecule has 1 saturated heterocycles. The van der Waals surface area contributed by atoms with Crippen molar-refractivity contribution < 1.29 is 23.7 Å². The van der Waals surface area contributed by atoms with E-state index in [4.69, 9.17) is 30.2 Å². The van der Waals surface area contributed by atoms with Crippen molar-refractivity contribution in [2.45, 2.75) is 59.1 Å². The molecule has 0 spiro atoms. The Morgan fingerprint density at radius 1 is 0.961 bits per heavy atom. The number of aliphatic hydroxyl groups excluding tert-OH is 1. The zero-order chi connectivity index (χ0) is 35.6. The molecule has 1 aliphatic heterocycles. The van der Waals surface area contributed by atoms with E-state index < -0.39 is 0 Å². The van der Waals surface area contributed by atoms with Gasteiger partial charge in [-0.1, -0.05) is 41.9 Å². The van der Waals surface area contributed by atoms with Gasteiger partial charge < -0.3 is 34.0 Å². The summed E-state index contributed by atoms with van der Waals surface area (Å²) in [7, 11) is 0. The van der Waals surface area contributed by atoms with Crippen LogP contribution in [0.25, 0.3) is 11.1 Å². The van der Waals surface area contributed by atoms with Gasteiger partial charge in [0.1, 0.15) is 42.8 Å². The number of ether oxygens (including phenoxy) is 3. The minimum atomic E-state index is -0.203. The van der Waals surface area contributed by atoms with E-state index in [9.17, 15) is 10.4 Å². The maximum absolute atomic E-state index is 9.79. The first-order valence-electron chi connectivity index (χ1n) is 17.1. The Hall–Kier alpha value is -4.92. The van der Waals surface area contributed by atoms with Gasteiger partial charge in [-0.05, 0) is 72.7 Å². The van der Waals surface area contributed by atoms with E-state index in [-0.39, 0.29) is 12.7 Å². The second-order valence-corrected chi connectivity index (χ2v) is 13.1. The number of oxazole rings is 1. The van der Waals surface area contributed by atoms with Crippen molar-refractivity contribution in [2.24, 2.45) is 0 Å². The topological polar surface area (TPSA) is 126 Å². The summed E-state index contributed by atoms with van der Waals surface area (Å²) < 4.78 is 24.2. The molecule has 0 aliphatic carbocycles. The van der Waals surface area contributed by atoms with Crippen LogP contribution in [0.15, 0.2) is 83.9 Å². The van der Waals surface area contributed by atoms with Crippen molar-refractivity contribution >= 4 is 11.6 Å². The molecule has 1 aliphatic rings. The number of nitrogens with zero attached hydrogens (tertiary/aromatic N) is 4. The van der Waals surface area contributed by atoms with Crippen LogP contribution in [0.1, 0.15) is 52.1 Å². The van der Waals surface area contributed by atoms with Gasteiger partial charge in [-0.3, -0.25) is 4.98 Å². The third-order valence-corrected chi connectivity index (χ3v) is 9.33. The van der Waals surface area contributed by atoms with Crippen molar-refractivity contribution in [3.63, 3.8) is 0 Å². The number of benzene rings is 3. The zero-order valence-corrected chi connectivity index (χ0v) is 29.7. The number of β-amino-alcohol motifs (C(OH)–C–C–N with tert-alkyl or cyclic N) is 1. The van der Waals surface area contributed by atoms with Gasteiger partial charge in [-0.15, -0.1) is 0 Å². The summed E-state index contributed by atoms with van der Waals surface area (Å²) >= 11 is 6.79. The van der Waals surface area contributed by atoms with Crippen LogP contribution in [0.4, 0.5) is 0 Å². The standard InChI is InChI=1S/C40H42ClN5O5/c1-27-31(6-3-7-34(27)35-8-4-9-37(28(35)2)48-14-5-12-46-13-10-33(47)24-46)26-51-39-18-38(50-25-30-16-29(19-42)20-43-21-30)32(17-36(39)41)22-44-23-40-45-11-15-49-40/h3-4,6-9,11,15-18,20-21,33,44,47H,5,10,12-14,22-26H2,1-2H3. The van der Waals surface area contributed by atoms with E-state index in [0.717, 1.165) is 77.2 Å². The molecule has 3 heterocycles. The fourth-order valence-electron chi connectivity index (χ4n) is 6.23. The first-order valence-corrected chi connectivity index (χ1v) is 17.5. The van der Waals surface area contributed by atoms with E-state index >= 15 is 0 Å². The smallest absolute Gasteiger partial charge is 0.207 e. The summed E-state index contributed by atoms with van der Waals surface area (Å²) in [4.78, 5) is 10.6. The molecule has 10 nitrogen and oxygen atoms in total. The Bertz CT molecular complexity index is 1960. The molecule has 0 amide bonds. The highest BCUT2D eigenvalue weighted by Gasteiger charge is 2.20. The van der Waals surface area contributed by atoms with Crippen LogP contribution in [0.2, 0.25) is 5.02 Å². The number of likely N-dealkylation sites (tertiary alicyclic amines) is 1. The number of rotatable bonds is 16. The molecule has 264 valence electrons. The van der Waals surface area contributed by atoms with Gasteiger partial charge in [-0.25, -0.2) is 4.98 Å². The third kappa shape index (κ3) is 9.45. The maximum atomic E-state index is 9.79. The molecule has 2 N–H and O–H groups in total. The summed E-state index contributed by atoms with van der Waals surface area (Å²) in [6.07, 6.45) is 7.89. The summed E-state index contributed by atoms with van der Waals surface area (Å²) in [5.41, 5.74) is 7.50. The summed E-state index contributed by atoms with van der Waals surface area (Å²) in [5.74, 6) is 2.53. The van der Waals surface area contributed by atoms with E-state index in [1.54, 1.807) is 18.5 Å². The number of aliphatic hydroxyl groups is 1. The molecule has 51 heavy (non-hydrogen) atoms. The molecule has 3 aromatic carbocycles. The Balaban J connectivity index is 1.15. The molecule has 11 heteroatoms. The Kier molecular flexibility index (Phi) is 12.2. The van der Waals surface area contributed by atoms with Crippen LogP contribution in [-0.4, -0.2) is 52.3 Å². The maximum Gasteiger partial charge on any atom is 0.207 e. The molecule has 1 fully saturated rings. The number of aromatic nitrogens is 2. The van der Waals surface area contributed by atoms with Crippen molar-refractivity contribution in [1.29, 1.82) is 5.26 Å². The molecule has 5 aromatic rings. The van der Waals surface area contributed by atoms with Gasteiger partial charge >= 0.3 is 0 Å². The highest BCUT2D eigenvalue weighted by Crippen LogP contribution is 2.36. The molecular formula is C40H42ClN5O5. The van der Waals surface area contributed by atoms with Crippen LogP contribution < -0.4 is 19.5 Å². The molecule has 1 unspecified atom stereocenters. The summed E-state index contributed by atoms with van der Waals surface area (Å²) in [6, 6.07) is 19.9. The molecule has 0 bridgehead atoms. The van der Waals surface area contributed by atoms with Crippen LogP contribution in [-0.2, 0) is 26.3 Å². The highest BCUT2D eigenvalue weighted by atomic mass is 35.5. The minimum Gasteiger partial charge on any atom is -0.493 e. The van der Waals surface area contributed by atoms with E-state index in [1.807, 2.05) is 30.3 Å². The van der Waals surface area contributed by atoms with Crippen molar-refractivity contribution in [2.75, 3.05) is 26.2 Å². The molecular weight excluding hydrogens is 666 g/mol. The average Bonchev–Trinajstić information content (AvgIpc) is 3.82. The number of hydrogen-bond donors (Lipinski definition) is 2. The number of halogens is 1. The fraction of sp³-hybridized carbons (Fsp3) is 0.325. The Labute approximate surface area is 303 Å². The fourth-order valence-corrected chi connectivity index (χ4v) is 6.47. The molecule has 1 atom stereocenters. The average molecular weight is 708 g/mol. The number of nitrogens with one attached hydrogen (secondary N) is 1. The molecule has 0 saturated carbocycles. The van der Waals surface area contributed by atoms with Gasteiger partial charge in [0, 0.05) is 55.8 Å². The van der Waals surface area contributed by atoms with E-state index in [2.05, 4.69) is 58.3 Å². The monoisotopic (exact) mass is 707 g/mol. The van der Waals surface area contributed by atoms with Gasteiger partial charge in [0.2, 0.25) is 5.89 Å². The zero-order valence-electron chi connectivity index (χ0n) is 28.9. The van der Waals surface area contributed by atoms with Gasteiger partial charge in [-0.2, -0.15) is 5.26 Å². The van der Waals surface area contributed by atoms with Gasteiger partial charge in [0.05, 0.1) is 36.0 Å². The van der Waals surface area contributed by atoms with E-state index in [1.165, 1.54) is 12.5 Å². The SMILES string of the molecule is Cc1c(COc2cc(OCc3cncc(C#N)c3)c(CNCc3ncco3)cc2Cl)cccc1-c1cccc(OCCCN2CCC(O)C2)c1C. The summed E-state index contributed by atoms with van der Waals surface area (Å²) in [5, 5.41) is 22.9. The number of hydrogen-bond acceptors (Lipinski definition) is 10. The minimum absolute atomic E-state index is 0.203. The van der Waals surface area contributed by atoms with Gasteiger partial charge in [0.25, 0.3) is 0 Å². The third-order valence-electron chi connectivity index (χ3n) is 9.04. The quantitative estimate of drug-likeness (QED) is 0.102. The largest absolute Gasteiger partial charge is 0.493 e. The molecule has 2 aromatic heterocycles. The van der Waals surface area contributed by atoms with Crippen LogP contribution in [0.3, 0.4) is 0 Å². The van der Waals surface area contributed by atoms with Crippen molar-refractivity contribution in [1.82, 2.24) is 20.2 Å². The lowest BCUT2D eigenvalue weighted by molar-refractivity contribution is 0.173. The summed E-state index contributed by atoms with van der Waals surface area (Å²) in [6.45, 7) is 8.83. The van der Waals surface area contributed by atoms with E-state index in [0.29, 0.717) is 54.3 Å². The lowest BCUT2D eigenvalue weighted by Crippen LogP contribution is -2.24. The number of pyridine rings is 1. The Morgan fingerprint density at radius 2 is 1.78 bits per heavy atom. The molecule has 6 rings (SSSR count). The lowest BCUT2D eigenvalue weighted by Gasteiger charge is -2.19. The lowest BCUT2D eigenvalue weighted by atomic mass is 9.93. The van der Waals surface area contributed by atoms with Gasteiger partial charge in [0.15, 0.2) is 0 Å². The predicted molar refractivity (Wildman–Crippen MR) is 195 cm³/mol. The van der Waals surface area contributed by atoms with Crippen molar-refractivity contribution in [3.05, 3.63) is 124 Å². The van der Waals surface area contributed by atoms with Crippen LogP contribution in [0.5, 0.6) is 17.2 Å². The normalized spacial score (nSPS) is 14.4. The predicted octanol–water partition coefficient (Wildman–Crippen LogP) is 7.16. The number of nitriles is 1. The van der Waals surface area contributed by atoms with Crippen LogP contribution >= 0.6 is 11.6 Å². The molecule has 0 radical (unpaired) electrons.